The van der Waals surface area contributed by atoms with Crippen molar-refractivity contribution < 1.29 is 4.39 Å². The van der Waals surface area contributed by atoms with E-state index in [-0.39, 0.29) is 5.82 Å². The molecule has 0 N–H and O–H groups in total. The molecule has 0 aliphatic heterocycles. The predicted octanol–water partition coefficient (Wildman–Crippen LogP) is 2.68. The van der Waals surface area contributed by atoms with E-state index in [1.165, 1.54) is 12.1 Å². The van der Waals surface area contributed by atoms with Crippen LogP contribution in [0.3, 0.4) is 0 Å². The van der Waals surface area contributed by atoms with E-state index < -0.39 is 0 Å². The molecule has 1 nitrogen and oxygen atoms in total. The van der Waals surface area contributed by atoms with E-state index in [1.807, 2.05) is 13.0 Å². The molecule has 1 aromatic carbocycles. The van der Waals surface area contributed by atoms with E-state index in [2.05, 4.69) is 4.98 Å². The summed E-state index contributed by atoms with van der Waals surface area (Å²) < 4.78 is 12.7. The van der Waals surface area contributed by atoms with Gasteiger partial charge in [-0.2, -0.15) is 0 Å². The highest BCUT2D eigenvalue weighted by Gasteiger charge is 1.96. The Morgan fingerprint density at radius 2 is 2.08 bits per heavy atom. The normalized spacial score (nSPS) is 10.5. The minimum atomic E-state index is -0.237. The van der Waals surface area contributed by atoms with Crippen molar-refractivity contribution in [3.05, 3.63) is 41.8 Å². The molecular weight excluding hydrogens is 153 g/mol. The lowest BCUT2D eigenvalue weighted by Crippen LogP contribution is -1.82. The van der Waals surface area contributed by atoms with Gasteiger partial charge >= 0.3 is 0 Å². The van der Waals surface area contributed by atoms with Gasteiger partial charge < -0.3 is 0 Å². The lowest BCUT2D eigenvalue weighted by molar-refractivity contribution is 0.629. The van der Waals surface area contributed by atoms with Crippen molar-refractivity contribution >= 4 is 10.9 Å². The molecule has 0 atom stereocenters. The fourth-order valence-corrected chi connectivity index (χ4v) is 1.20. The third kappa shape index (κ3) is 1.16. The van der Waals surface area contributed by atoms with Crippen molar-refractivity contribution in [3.8, 4) is 0 Å². The van der Waals surface area contributed by atoms with E-state index >= 15 is 0 Å². The van der Waals surface area contributed by atoms with Gasteiger partial charge in [0.05, 0.1) is 5.52 Å². The minimum absolute atomic E-state index is 0.237. The third-order valence-corrected chi connectivity index (χ3v) is 1.78. The van der Waals surface area contributed by atoms with Gasteiger partial charge in [-0.05, 0) is 30.7 Å². The summed E-state index contributed by atoms with van der Waals surface area (Å²) in [5.41, 5.74) is 1.80. The molecule has 2 aromatic rings. The molecule has 0 fully saturated rings. The zero-order chi connectivity index (χ0) is 8.55. The van der Waals surface area contributed by atoms with Gasteiger partial charge in [0.1, 0.15) is 5.82 Å². The van der Waals surface area contributed by atoms with Gasteiger partial charge in [-0.15, -0.1) is 0 Å². The number of aryl methyl sites for hydroxylation is 1. The second-order valence-corrected chi connectivity index (χ2v) is 2.85. The highest BCUT2D eigenvalue weighted by atomic mass is 19.1. The first-order valence-corrected chi connectivity index (χ1v) is 3.77. The first-order valence-electron chi connectivity index (χ1n) is 3.77. The van der Waals surface area contributed by atoms with E-state index in [4.69, 9.17) is 0 Å². The fraction of sp³-hybridized carbons (Fsp3) is 0.100. The number of benzene rings is 1. The van der Waals surface area contributed by atoms with Crippen molar-refractivity contribution in [2.45, 2.75) is 6.92 Å². The Balaban J connectivity index is 2.79. The van der Waals surface area contributed by atoms with Crippen LogP contribution in [0.1, 0.15) is 5.56 Å². The molecule has 12 heavy (non-hydrogen) atoms. The quantitative estimate of drug-likeness (QED) is 0.578. The Hall–Kier alpha value is -1.44. The van der Waals surface area contributed by atoms with Crippen LogP contribution >= 0.6 is 0 Å². The maximum atomic E-state index is 12.7. The van der Waals surface area contributed by atoms with Crippen LogP contribution in [0, 0.1) is 12.7 Å². The fourth-order valence-electron chi connectivity index (χ4n) is 1.20. The Morgan fingerprint density at radius 1 is 1.25 bits per heavy atom. The lowest BCUT2D eigenvalue weighted by Gasteiger charge is -1.97. The SMILES string of the molecule is Cc1cnc2cc(F)ccc2c1. The van der Waals surface area contributed by atoms with Crippen molar-refractivity contribution in [2.75, 3.05) is 0 Å². The maximum Gasteiger partial charge on any atom is 0.125 e. The van der Waals surface area contributed by atoms with Crippen LogP contribution in [0.25, 0.3) is 10.9 Å². The molecular formula is C10H8FN. The number of hydrogen-bond donors (Lipinski definition) is 0. The van der Waals surface area contributed by atoms with Crippen LogP contribution in [-0.2, 0) is 0 Å². The summed E-state index contributed by atoms with van der Waals surface area (Å²) in [6.45, 7) is 1.97. The monoisotopic (exact) mass is 161 g/mol. The lowest BCUT2D eigenvalue weighted by atomic mass is 10.2. The molecule has 2 rings (SSSR count). The van der Waals surface area contributed by atoms with E-state index in [9.17, 15) is 4.39 Å². The van der Waals surface area contributed by atoms with E-state index in [1.54, 1.807) is 12.3 Å². The summed E-state index contributed by atoms with van der Waals surface area (Å²) >= 11 is 0. The Kier molecular flexibility index (Phi) is 1.54. The van der Waals surface area contributed by atoms with Crippen LogP contribution in [0.4, 0.5) is 4.39 Å². The number of halogens is 1. The molecule has 60 valence electrons. The average molecular weight is 161 g/mol. The van der Waals surface area contributed by atoms with Crippen LogP contribution < -0.4 is 0 Å². The zero-order valence-corrected chi connectivity index (χ0v) is 6.71. The summed E-state index contributed by atoms with van der Waals surface area (Å²) in [6.07, 6.45) is 1.74. The summed E-state index contributed by atoms with van der Waals surface area (Å²) in [4.78, 5) is 4.10. The number of nitrogens with zero attached hydrogens (tertiary/aromatic N) is 1. The van der Waals surface area contributed by atoms with Crippen LogP contribution in [-0.4, -0.2) is 4.98 Å². The molecule has 0 aliphatic rings. The summed E-state index contributed by atoms with van der Waals surface area (Å²) in [5, 5.41) is 0.983. The van der Waals surface area contributed by atoms with Crippen molar-refractivity contribution in [1.82, 2.24) is 4.98 Å². The third-order valence-electron chi connectivity index (χ3n) is 1.78. The molecule has 1 aromatic heterocycles. The average Bonchev–Trinajstić information content (AvgIpc) is 2.05. The standard InChI is InChI=1S/C10H8FN/c1-7-4-8-2-3-9(11)5-10(8)12-6-7/h2-6H,1H3. The number of aromatic nitrogens is 1. The van der Waals surface area contributed by atoms with Crippen LogP contribution in [0.2, 0.25) is 0 Å². The first kappa shape index (κ1) is 7.22. The van der Waals surface area contributed by atoms with Gasteiger partial charge in [-0.3, -0.25) is 4.98 Å². The molecule has 0 aliphatic carbocycles. The second-order valence-electron chi connectivity index (χ2n) is 2.85. The van der Waals surface area contributed by atoms with Gasteiger partial charge in [0.2, 0.25) is 0 Å². The number of fused-ring (bicyclic) bond motifs is 1. The molecule has 0 saturated heterocycles. The molecule has 1 heterocycles. The molecule has 0 spiro atoms. The molecule has 0 amide bonds. The van der Waals surface area contributed by atoms with Crippen LogP contribution in [0.5, 0.6) is 0 Å². The Bertz CT molecular complexity index is 382. The molecule has 0 bridgehead atoms. The van der Waals surface area contributed by atoms with Crippen molar-refractivity contribution in [2.24, 2.45) is 0 Å². The smallest absolute Gasteiger partial charge is 0.125 e. The van der Waals surface area contributed by atoms with Gasteiger partial charge in [0.25, 0.3) is 0 Å². The maximum absolute atomic E-state index is 12.7. The topological polar surface area (TPSA) is 12.9 Å². The van der Waals surface area contributed by atoms with Crippen LogP contribution in [0.15, 0.2) is 30.5 Å². The first-order chi connectivity index (χ1) is 5.75. The highest BCUT2D eigenvalue weighted by Crippen LogP contribution is 2.13. The number of pyridine rings is 1. The number of rotatable bonds is 0. The largest absolute Gasteiger partial charge is 0.256 e. The van der Waals surface area contributed by atoms with Gasteiger partial charge in [-0.1, -0.05) is 0 Å². The minimum Gasteiger partial charge on any atom is -0.256 e. The predicted molar refractivity (Wildman–Crippen MR) is 46.4 cm³/mol. The molecule has 2 heteroatoms. The molecule has 0 unspecified atom stereocenters. The van der Waals surface area contributed by atoms with Gasteiger partial charge in [0.15, 0.2) is 0 Å². The summed E-state index contributed by atoms with van der Waals surface area (Å²) in [7, 11) is 0. The second kappa shape index (κ2) is 2.55. The summed E-state index contributed by atoms with van der Waals surface area (Å²) in [5.74, 6) is -0.237. The summed E-state index contributed by atoms with van der Waals surface area (Å²) in [6, 6.07) is 6.62. The highest BCUT2D eigenvalue weighted by molar-refractivity contribution is 5.78. The van der Waals surface area contributed by atoms with E-state index in [0.717, 1.165) is 10.9 Å². The number of hydrogen-bond acceptors (Lipinski definition) is 1. The van der Waals surface area contributed by atoms with E-state index in [0.29, 0.717) is 5.52 Å². The Morgan fingerprint density at radius 3 is 2.92 bits per heavy atom. The van der Waals surface area contributed by atoms with Gasteiger partial charge in [0, 0.05) is 17.6 Å². The zero-order valence-electron chi connectivity index (χ0n) is 6.71. The van der Waals surface area contributed by atoms with Crippen molar-refractivity contribution in [1.29, 1.82) is 0 Å². The molecule has 0 saturated carbocycles. The Labute approximate surface area is 69.9 Å². The van der Waals surface area contributed by atoms with Crippen molar-refractivity contribution in [3.63, 3.8) is 0 Å². The molecule has 0 radical (unpaired) electrons. The van der Waals surface area contributed by atoms with Gasteiger partial charge in [-0.25, -0.2) is 4.39 Å².